The van der Waals surface area contributed by atoms with Gasteiger partial charge in [-0.25, -0.2) is 4.98 Å². The number of imidazole rings is 1. The van der Waals surface area contributed by atoms with E-state index in [1.165, 1.54) is 23.4 Å². The van der Waals surface area contributed by atoms with E-state index < -0.39 is 0 Å². The summed E-state index contributed by atoms with van der Waals surface area (Å²) in [6, 6.07) is 4.10. The first-order chi connectivity index (χ1) is 9.67. The monoisotopic (exact) mass is 309 g/mol. The van der Waals surface area contributed by atoms with Crippen molar-refractivity contribution in [3.05, 3.63) is 39.6 Å². The van der Waals surface area contributed by atoms with Crippen molar-refractivity contribution in [1.82, 2.24) is 14.9 Å². The molecule has 0 aliphatic carbocycles. The van der Waals surface area contributed by atoms with Crippen molar-refractivity contribution in [1.29, 1.82) is 0 Å². The Morgan fingerprint density at radius 3 is 2.90 bits per heavy atom. The standard InChI is InChI=1S/C15H20ClN3S/c1-15(5-7-17-8-6-15)13-10-18-11-19(13)9-4-12-2-3-14(16)20-12/h2-3,10-11,17H,4-9H2,1H3. The fourth-order valence-corrected chi connectivity index (χ4v) is 4.03. The summed E-state index contributed by atoms with van der Waals surface area (Å²) >= 11 is 7.66. The number of nitrogens with zero attached hydrogens (tertiary/aromatic N) is 2. The van der Waals surface area contributed by atoms with E-state index in [1.807, 2.05) is 18.6 Å². The third kappa shape index (κ3) is 2.92. The van der Waals surface area contributed by atoms with Crippen LogP contribution in [-0.2, 0) is 18.4 Å². The van der Waals surface area contributed by atoms with Crippen LogP contribution in [0, 0.1) is 0 Å². The van der Waals surface area contributed by atoms with Crippen molar-refractivity contribution in [2.45, 2.75) is 38.1 Å². The maximum atomic E-state index is 5.99. The third-order valence-electron chi connectivity index (χ3n) is 4.27. The zero-order valence-corrected chi connectivity index (χ0v) is 13.3. The molecule has 2 aromatic rings. The molecule has 3 heterocycles. The van der Waals surface area contributed by atoms with Crippen LogP contribution in [0.5, 0.6) is 0 Å². The van der Waals surface area contributed by atoms with E-state index in [0.717, 1.165) is 30.4 Å². The molecule has 1 N–H and O–H groups in total. The molecule has 3 rings (SSSR count). The molecule has 3 nitrogen and oxygen atoms in total. The first-order valence-electron chi connectivity index (χ1n) is 7.13. The fraction of sp³-hybridized carbons (Fsp3) is 0.533. The number of hydrogen-bond donors (Lipinski definition) is 1. The van der Waals surface area contributed by atoms with Gasteiger partial charge in [0.25, 0.3) is 0 Å². The number of halogens is 1. The number of thiophene rings is 1. The predicted octanol–water partition coefficient (Wildman–Crippen LogP) is 3.48. The minimum atomic E-state index is 0.259. The molecule has 0 unspecified atom stereocenters. The van der Waals surface area contributed by atoms with Crippen LogP contribution >= 0.6 is 22.9 Å². The molecule has 2 aromatic heterocycles. The molecule has 1 fully saturated rings. The smallest absolute Gasteiger partial charge is 0.0948 e. The Hall–Kier alpha value is -0.840. The van der Waals surface area contributed by atoms with Gasteiger partial charge in [0.2, 0.25) is 0 Å². The summed E-state index contributed by atoms with van der Waals surface area (Å²) < 4.78 is 3.19. The minimum Gasteiger partial charge on any atom is -0.334 e. The highest BCUT2D eigenvalue weighted by Crippen LogP contribution is 2.32. The van der Waals surface area contributed by atoms with Gasteiger partial charge >= 0.3 is 0 Å². The molecule has 1 aliphatic rings. The third-order valence-corrected chi connectivity index (χ3v) is 5.56. The number of hydrogen-bond acceptors (Lipinski definition) is 3. The lowest BCUT2D eigenvalue weighted by Crippen LogP contribution is -2.39. The van der Waals surface area contributed by atoms with Gasteiger partial charge in [0.1, 0.15) is 0 Å². The van der Waals surface area contributed by atoms with Gasteiger partial charge in [0, 0.05) is 28.7 Å². The largest absolute Gasteiger partial charge is 0.334 e. The summed E-state index contributed by atoms with van der Waals surface area (Å²) in [7, 11) is 0. The molecule has 0 amide bonds. The maximum absolute atomic E-state index is 5.99. The second-order valence-corrected chi connectivity index (χ2v) is 7.54. The molecule has 0 radical (unpaired) electrons. The van der Waals surface area contributed by atoms with Crippen LogP contribution in [0.1, 0.15) is 30.3 Å². The molecule has 108 valence electrons. The van der Waals surface area contributed by atoms with Gasteiger partial charge in [-0.05, 0) is 44.5 Å². The van der Waals surface area contributed by atoms with E-state index in [2.05, 4.69) is 27.9 Å². The summed E-state index contributed by atoms with van der Waals surface area (Å²) in [6.45, 7) is 5.54. The second-order valence-electron chi connectivity index (χ2n) is 5.74. The Labute approximate surface area is 129 Å². The average Bonchev–Trinajstić information content (AvgIpc) is 3.06. The predicted molar refractivity (Wildman–Crippen MR) is 84.7 cm³/mol. The van der Waals surface area contributed by atoms with Gasteiger partial charge in [0.15, 0.2) is 0 Å². The van der Waals surface area contributed by atoms with E-state index in [4.69, 9.17) is 11.6 Å². The van der Waals surface area contributed by atoms with Gasteiger partial charge < -0.3 is 9.88 Å². The van der Waals surface area contributed by atoms with E-state index in [0.29, 0.717) is 0 Å². The van der Waals surface area contributed by atoms with Crippen LogP contribution in [-0.4, -0.2) is 22.6 Å². The summed E-state index contributed by atoms with van der Waals surface area (Å²) in [5.74, 6) is 0. The normalized spacial score (nSPS) is 18.3. The van der Waals surface area contributed by atoms with Crippen LogP contribution in [0.25, 0.3) is 0 Å². The van der Waals surface area contributed by atoms with E-state index >= 15 is 0 Å². The summed E-state index contributed by atoms with van der Waals surface area (Å²) in [6.07, 6.45) is 7.41. The first-order valence-corrected chi connectivity index (χ1v) is 8.32. The SMILES string of the molecule is CC1(c2cncn2CCc2ccc(Cl)s2)CCNCC1. The number of aryl methyl sites for hydroxylation is 2. The zero-order chi connectivity index (χ0) is 14.0. The van der Waals surface area contributed by atoms with Crippen molar-refractivity contribution < 1.29 is 0 Å². The summed E-state index contributed by atoms with van der Waals surface area (Å²) in [4.78, 5) is 5.72. The van der Waals surface area contributed by atoms with E-state index in [-0.39, 0.29) is 5.41 Å². The Morgan fingerprint density at radius 2 is 2.20 bits per heavy atom. The number of aromatic nitrogens is 2. The molecule has 0 bridgehead atoms. The van der Waals surface area contributed by atoms with E-state index in [1.54, 1.807) is 11.3 Å². The highest BCUT2D eigenvalue weighted by molar-refractivity contribution is 7.16. The molecule has 0 aromatic carbocycles. The molecule has 0 saturated carbocycles. The molecule has 1 saturated heterocycles. The van der Waals surface area contributed by atoms with Gasteiger partial charge in [-0.1, -0.05) is 18.5 Å². The minimum absolute atomic E-state index is 0.259. The zero-order valence-electron chi connectivity index (χ0n) is 11.7. The molecule has 0 spiro atoms. The molecule has 1 aliphatic heterocycles. The first kappa shape index (κ1) is 14.1. The van der Waals surface area contributed by atoms with Crippen LogP contribution < -0.4 is 5.32 Å². The number of piperidine rings is 1. The average molecular weight is 310 g/mol. The van der Waals surface area contributed by atoms with Crippen LogP contribution in [0.2, 0.25) is 4.34 Å². The van der Waals surface area contributed by atoms with Crippen LogP contribution in [0.3, 0.4) is 0 Å². The molecule has 0 atom stereocenters. The van der Waals surface area contributed by atoms with Crippen molar-refractivity contribution >= 4 is 22.9 Å². The maximum Gasteiger partial charge on any atom is 0.0948 e. The lowest BCUT2D eigenvalue weighted by molar-refractivity contribution is 0.317. The Bertz CT molecular complexity index is 569. The highest BCUT2D eigenvalue weighted by atomic mass is 35.5. The van der Waals surface area contributed by atoms with Gasteiger partial charge in [0.05, 0.1) is 10.7 Å². The molecule has 5 heteroatoms. The van der Waals surface area contributed by atoms with Gasteiger partial charge in [-0.15, -0.1) is 11.3 Å². The van der Waals surface area contributed by atoms with Crippen molar-refractivity contribution in [2.24, 2.45) is 0 Å². The Balaban J connectivity index is 1.73. The summed E-state index contributed by atoms with van der Waals surface area (Å²) in [5, 5.41) is 3.44. The van der Waals surface area contributed by atoms with Crippen molar-refractivity contribution in [3.63, 3.8) is 0 Å². The van der Waals surface area contributed by atoms with Crippen LogP contribution in [0.15, 0.2) is 24.7 Å². The fourth-order valence-electron chi connectivity index (χ4n) is 2.95. The topological polar surface area (TPSA) is 29.9 Å². The Morgan fingerprint density at radius 1 is 1.40 bits per heavy atom. The lowest BCUT2D eigenvalue weighted by Gasteiger charge is -2.34. The Kier molecular flexibility index (Phi) is 4.15. The molecule has 20 heavy (non-hydrogen) atoms. The quantitative estimate of drug-likeness (QED) is 0.937. The molecular formula is C15H20ClN3S. The lowest BCUT2D eigenvalue weighted by atomic mass is 9.78. The second kappa shape index (κ2) is 5.88. The number of nitrogens with one attached hydrogen (secondary N) is 1. The van der Waals surface area contributed by atoms with E-state index in [9.17, 15) is 0 Å². The van der Waals surface area contributed by atoms with Gasteiger partial charge in [-0.2, -0.15) is 0 Å². The molecular weight excluding hydrogens is 290 g/mol. The number of rotatable bonds is 4. The van der Waals surface area contributed by atoms with Crippen LogP contribution in [0.4, 0.5) is 0 Å². The van der Waals surface area contributed by atoms with Crippen molar-refractivity contribution in [2.75, 3.05) is 13.1 Å². The summed E-state index contributed by atoms with van der Waals surface area (Å²) in [5.41, 5.74) is 1.64. The highest BCUT2D eigenvalue weighted by Gasteiger charge is 2.31. The van der Waals surface area contributed by atoms with Crippen molar-refractivity contribution in [3.8, 4) is 0 Å². The van der Waals surface area contributed by atoms with Gasteiger partial charge in [-0.3, -0.25) is 0 Å².